The lowest BCUT2D eigenvalue weighted by Crippen LogP contribution is -2.47. The average molecular weight is 788 g/mol. The highest BCUT2D eigenvalue weighted by atomic mass is 16.5. The number of primary amides is 1. The third-order valence-electron chi connectivity index (χ3n) is 10.8. The van der Waals surface area contributed by atoms with Crippen molar-refractivity contribution in [3.05, 3.63) is 71.3 Å². The molecule has 0 bridgehead atoms. The summed E-state index contributed by atoms with van der Waals surface area (Å²) in [5.74, 6) is -7.15. The second-order valence-corrected chi connectivity index (χ2v) is 16.4. The Bertz CT molecular complexity index is 1800. The van der Waals surface area contributed by atoms with Crippen molar-refractivity contribution in [1.29, 1.82) is 0 Å². The lowest BCUT2D eigenvalue weighted by molar-refractivity contribution is -0.144. The maximum atomic E-state index is 14.7. The molecule has 1 aliphatic heterocycles. The molecule has 0 spiro atoms. The van der Waals surface area contributed by atoms with Crippen LogP contribution in [0.1, 0.15) is 137 Å². The van der Waals surface area contributed by atoms with E-state index < -0.39 is 77.2 Å². The van der Waals surface area contributed by atoms with E-state index in [9.17, 15) is 43.5 Å². The number of carboxylic acids is 1. The van der Waals surface area contributed by atoms with E-state index in [0.29, 0.717) is 12.0 Å². The van der Waals surface area contributed by atoms with Gasteiger partial charge in [-0.15, -0.1) is 0 Å². The number of aromatic carboxylic acids is 1. The topological polar surface area (TPSA) is 207 Å². The first kappa shape index (κ1) is 44.7. The number of likely N-dealkylation sites (tertiary alicyclic amines) is 1. The number of nitrogens with one attached hydrogen (secondary N) is 1. The number of carboxylic acid groups (broad SMARTS) is 1. The summed E-state index contributed by atoms with van der Waals surface area (Å²) in [4.78, 5) is 107. The summed E-state index contributed by atoms with van der Waals surface area (Å²) in [5, 5.41) is 12.0. The molecule has 2 aromatic carbocycles. The molecule has 1 unspecified atom stereocenters. The molecular formula is C44H57N3O10. The Morgan fingerprint density at radius 3 is 2.18 bits per heavy atom. The van der Waals surface area contributed by atoms with Gasteiger partial charge < -0.3 is 25.8 Å². The third-order valence-corrected chi connectivity index (χ3v) is 10.8. The molecule has 2 fully saturated rings. The summed E-state index contributed by atoms with van der Waals surface area (Å²) in [6, 6.07) is 12.0. The number of ether oxygens (including phenoxy) is 1. The number of rotatable bonds is 20. The minimum Gasteiger partial charge on any atom is -0.478 e. The van der Waals surface area contributed by atoms with Crippen molar-refractivity contribution in [2.24, 2.45) is 23.5 Å². The molecule has 57 heavy (non-hydrogen) atoms. The third kappa shape index (κ3) is 12.7. The van der Waals surface area contributed by atoms with Crippen LogP contribution in [-0.4, -0.2) is 81.1 Å². The van der Waals surface area contributed by atoms with Gasteiger partial charge in [0.05, 0.1) is 23.3 Å². The van der Waals surface area contributed by atoms with Gasteiger partial charge in [0, 0.05) is 56.0 Å². The highest BCUT2D eigenvalue weighted by molar-refractivity contribution is 6.38. The lowest BCUT2D eigenvalue weighted by Gasteiger charge is -2.34. The monoisotopic (exact) mass is 787 g/mol. The zero-order valence-corrected chi connectivity index (χ0v) is 33.5. The van der Waals surface area contributed by atoms with Gasteiger partial charge in [0.2, 0.25) is 23.5 Å². The molecule has 1 heterocycles. The van der Waals surface area contributed by atoms with Crippen molar-refractivity contribution in [1.82, 2.24) is 10.2 Å². The number of nitrogens with two attached hydrogens (primary N) is 1. The Morgan fingerprint density at radius 1 is 0.895 bits per heavy atom. The molecule has 3 amide bonds. The van der Waals surface area contributed by atoms with Gasteiger partial charge in [0.1, 0.15) is 6.04 Å². The number of hydrogen-bond donors (Lipinski definition) is 3. The van der Waals surface area contributed by atoms with Gasteiger partial charge in [0.15, 0.2) is 17.3 Å². The number of carbonyl (C=O) groups is 8. The minimum absolute atomic E-state index is 0.0357. The maximum Gasteiger partial charge on any atom is 0.335 e. The Kier molecular flexibility index (Phi) is 16.0. The fourth-order valence-corrected chi connectivity index (χ4v) is 8.11. The van der Waals surface area contributed by atoms with Crippen molar-refractivity contribution in [3.8, 4) is 0 Å². The van der Waals surface area contributed by atoms with Crippen molar-refractivity contribution in [3.63, 3.8) is 0 Å². The summed E-state index contributed by atoms with van der Waals surface area (Å²) >= 11 is 0. The highest BCUT2D eigenvalue weighted by Crippen LogP contribution is 2.37. The van der Waals surface area contributed by atoms with Crippen LogP contribution >= 0.6 is 0 Å². The van der Waals surface area contributed by atoms with E-state index in [2.05, 4.69) is 5.32 Å². The summed E-state index contributed by atoms with van der Waals surface area (Å²) in [6.07, 6.45) is 3.42. The van der Waals surface area contributed by atoms with Crippen molar-refractivity contribution >= 4 is 46.8 Å². The molecule has 13 nitrogen and oxygen atoms in total. The normalized spacial score (nSPS) is 18.9. The van der Waals surface area contributed by atoms with Crippen molar-refractivity contribution < 1.29 is 48.2 Å². The van der Waals surface area contributed by atoms with Crippen molar-refractivity contribution in [2.45, 2.75) is 129 Å². The van der Waals surface area contributed by atoms with Crippen LogP contribution in [0.5, 0.6) is 0 Å². The Morgan fingerprint density at radius 2 is 1.56 bits per heavy atom. The van der Waals surface area contributed by atoms with E-state index in [1.807, 2.05) is 27.7 Å². The first-order chi connectivity index (χ1) is 27.0. The molecule has 13 heteroatoms. The van der Waals surface area contributed by atoms with E-state index in [-0.39, 0.29) is 67.4 Å². The van der Waals surface area contributed by atoms with Crippen molar-refractivity contribution in [2.75, 3.05) is 6.54 Å². The molecule has 1 aliphatic carbocycles. The van der Waals surface area contributed by atoms with Crippen LogP contribution in [0.2, 0.25) is 0 Å². The number of nitrogens with zero attached hydrogens (tertiary/aromatic N) is 1. The number of benzene rings is 2. The molecule has 2 aromatic rings. The molecule has 1 saturated heterocycles. The first-order valence-corrected chi connectivity index (χ1v) is 20.1. The van der Waals surface area contributed by atoms with Gasteiger partial charge in [0.25, 0.3) is 0 Å². The SMILES string of the molecule is CCCC(CC(=O)[C@@H]1C[C@@H](OC(C)(C)C)CN1C(=O)[C@@H](CC(=O)c1cccc(C(=O)O)c1)C1CCCCC1)C(=O)C(=O)CCC(=O)N[C@H](C(N)=O)c1ccccc1. The first-order valence-electron chi connectivity index (χ1n) is 20.1. The summed E-state index contributed by atoms with van der Waals surface area (Å²) in [5.41, 5.74) is 5.54. The van der Waals surface area contributed by atoms with E-state index in [0.717, 1.165) is 32.1 Å². The Balaban J connectivity index is 1.51. The number of hydrogen-bond acceptors (Lipinski definition) is 9. The fourth-order valence-electron chi connectivity index (χ4n) is 8.11. The number of amides is 3. The average Bonchev–Trinajstić information content (AvgIpc) is 3.60. The predicted octanol–water partition coefficient (Wildman–Crippen LogP) is 5.58. The number of ketones is 4. The molecule has 0 aromatic heterocycles. The van der Waals surface area contributed by atoms with Crippen LogP contribution in [0.3, 0.4) is 0 Å². The molecule has 1 saturated carbocycles. The molecule has 5 atom stereocenters. The van der Waals surface area contributed by atoms with Crippen LogP contribution < -0.4 is 11.1 Å². The van der Waals surface area contributed by atoms with Crippen LogP contribution in [0.15, 0.2) is 54.6 Å². The summed E-state index contributed by atoms with van der Waals surface area (Å²) in [6.45, 7) is 7.56. The van der Waals surface area contributed by atoms with E-state index in [1.54, 1.807) is 30.3 Å². The smallest absolute Gasteiger partial charge is 0.335 e. The van der Waals surface area contributed by atoms with Gasteiger partial charge in [-0.2, -0.15) is 0 Å². The zero-order valence-electron chi connectivity index (χ0n) is 33.5. The largest absolute Gasteiger partial charge is 0.478 e. The zero-order chi connectivity index (χ0) is 41.9. The van der Waals surface area contributed by atoms with Gasteiger partial charge in [-0.1, -0.05) is 75.1 Å². The quantitative estimate of drug-likeness (QED) is 0.112. The van der Waals surface area contributed by atoms with Gasteiger partial charge in [-0.3, -0.25) is 33.6 Å². The Labute approximate surface area is 334 Å². The predicted molar refractivity (Wildman–Crippen MR) is 211 cm³/mol. The van der Waals surface area contributed by atoms with Gasteiger partial charge in [-0.25, -0.2) is 4.79 Å². The summed E-state index contributed by atoms with van der Waals surface area (Å²) in [7, 11) is 0. The molecule has 308 valence electrons. The Hall–Kier alpha value is -5.04. The van der Waals surface area contributed by atoms with Gasteiger partial charge >= 0.3 is 5.97 Å². The van der Waals surface area contributed by atoms with E-state index in [4.69, 9.17) is 10.5 Å². The van der Waals surface area contributed by atoms with Crippen LogP contribution in [-0.2, 0) is 33.5 Å². The molecule has 0 radical (unpaired) electrons. The summed E-state index contributed by atoms with van der Waals surface area (Å²) < 4.78 is 6.28. The van der Waals surface area contributed by atoms with E-state index in [1.165, 1.54) is 29.2 Å². The van der Waals surface area contributed by atoms with E-state index >= 15 is 0 Å². The second-order valence-electron chi connectivity index (χ2n) is 16.4. The lowest BCUT2D eigenvalue weighted by atomic mass is 9.76. The number of carbonyl (C=O) groups excluding carboxylic acids is 7. The molecular weight excluding hydrogens is 730 g/mol. The van der Waals surface area contributed by atoms with Gasteiger partial charge in [-0.05, 0) is 63.6 Å². The van der Waals surface area contributed by atoms with Crippen LogP contribution in [0.4, 0.5) is 0 Å². The molecule has 2 aliphatic rings. The fraction of sp³-hybridized carbons (Fsp3) is 0.545. The highest BCUT2D eigenvalue weighted by Gasteiger charge is 2.46. The minimum atomic E-state index is -1.17. The van der Waals surface area contributed by atoms with Crippen LogP contribution in [0, 0.1) is 17.8 Å². The van der Waals surface area contributed by atoms with Crippen LogP contribution in [0.25, 0.3) is 0 Å². The standard InChI is InChI=1S/C44H57N3O10/c1-5-13-30(40(52)35(48)20-21-38(51)46-39(41(45)53)28-16-10-7-11-17-28)23-37(50)34-24-32(57-44(2,3)4)26-47(34)42(54)33(27-14-8-6-9-15-27)25-36(49)29-18-12-19-31(22-29)43(55)56/h7,10-12,16-19,22,27,30,32-34,39H,5-6,8-9,13-15,20-21,23-26H2,1-4H3,(H2,45,53)(H,46,51)(H,55,56)/t30?,32-,33+,34+,39+/m1/s1. The molecule has 4 N–H and O–H groups in total. The number of Topliss-reactive ketones (excluding diaryl/α,β-unsaturated/α-hetero) is 4. The molecule has 4 rings (SSSR count). The second kappa shape index (κ2) is 20.4. The maximum absolute atomic E-state index is 14.7.